The van der Waals surface area contributed by atoms with Crippen LogP contribution in [0, 0.1) is 12.3 Å². The van der Waals surface area contributed by atoms with Crippen molar-refractivity contribution in [2.45, 2.75) is 52.5 Å². The fourth-order valence-electron chi connectivity index (χ4n) is 3.12. The predicted molar refractivity (Wildman–Crippen MR) is 120 cm³/mol. The van der Waals surface area contributed by atoms with Crippen LogP contribution in [0.1, 0.15) is 56.7 Å². The van der Waals surface area contributed by atoms with Gasteiger partial charge in [0, 0.05) is 18.7 Å². The second kappa shape index (κ2) is 11.5. The maximum Gasteiger partial charge on any atom is 0.146 e. The average Bonchev–Trinajstić information content (AvgIpc) is 2.70. The molecule has 1 aromatic carbocycles. The number of nitrogens with zero attached hydrogens (tertiary/aromatic N) is 1. The standard InChI is InChI=1S/C23H34N4O2/c1-4-5-6-7-12-29-23-15-22(19(24)14-20(23)25)27-21-9-8-18(13-16(21)2)17(3)26-10-11-28/h8-9,13-15,17,25-26,28H,4-7,10-12,24H2,1-3H3. The van der Waals surface area contributed by atoms with E-state index in [2.05, 4.69) is 25.2 Å². The van der Waals surface area contributed by atoms with Gasteiger partial charge in [0.15, 0.2) is 0 Å². The van der Waals surface area contributed by atoms with Crippen molar-refractivity contribution < 1.29 is 9.84 Å². The number of aliphatic hydroxyl groups excluding tert-OH is 1. The summed E-state index contributed by atoms with van der Waals surface area (Å²) < 4.78 is 5.80. The molecule has 0 heterocycles. The van der Waals surface area contributed by atoms with Gasteiger partial charge in [-0.05, 0) is 43.5 Å². The summed E-state index contributed by atoms with van der Waals surface area (Å²) in [5, 5.41) is 20.3. The lowest BCUT2D eigenvalue weighted by atomic mass is 10.0. The van der Waals surface area contributed by atoms with Crippen LogP contribution in [-0.4, -0.2) is 36.3 Å². The lowest BCUT2D eigenvalue weighted by molar-refractivity contribution is 0.223. The number of ether oxygens (including phenoxy) is 1. The van der Waals surface area contributed by atoms with Crippen molar-refractivity contribution in [3.63, 3.8) is 0 Å². The van der Waals surface area contributed by atoms with E-state index in [4.69, 9.17) is 26.0 Å². The van der Waals surface area contributed by atoms with Gasteiger partial charge < -0.3 is 20.9 Å². The Labute approximate surface area is 174 Å². The van der Waals surface area contributed by atoms with E-state index in [9.17, 15) is 0 Å². The van der Waals surface area contributed by atoms with Crippen molar-refractivity contribution in [1.29, 1.82) is 5.41 Å². The number of aliphatic imine (C=N–C) groups is 1. The number of hydrogen-bond donors (Lipinski definition) is 4. The van der Waals surface area contributed by atoms with E-state index in [1.807, 2.05) is 19.1 Å². The number of allylic oxidation sites excluding steroid dienone is 2. The van der Waals surface area contributed by atoms with Gasteiger partial charge in [-0.1, -0.05) is 38.3 Å². The predicted octanol–water partition coefficient (Wildman–Crippen LogP) is 4.07. The van der Waals surface area contributed by atoms with Crippen LogP contribution < -0.4 is 11.1 Å². The van der Waals surface area contributed by atoms with Crippen LogP contribution in [0.15, 0.2) is 46.8 Å². The fraction of sp³-hybridized carbons (Fsp3) is 0.478. The molecule has 29 heavy (non-hydrogen) atoms. The minimum atomic E-state index is 0.116. The summed E-state index contributed by atoms with van der Waals surface area (Å²) in [5.74, 6) is 0.519. The van der Waals surface area contributed by atoms with E-state index < -0.39 is 0 Å². The lowest BCUT2D eigenvalue weighted by Crippen LogP contribution is -2.22. The van der Waals surface area contributed by atoms with Gasteiger partial charge in [-0.25, -0.2) is 4.99 Å². The Hall–Kier alpha value is -2.44. The molecule has 1 aliphatic rings. The quantitative estimate of drug-likeness (QED) is 0.333. The Bertz CT molecular complexity index is 796. The van der Waals surface area contributed by atoms with Crippen molar-refractivity contribution in [2.24, 2.45) is 10.7 Å². The molecule has 0 amide bonds. The normalized spacial score (nSPS) is 16.6. The number of nitrogens with two attached hydrogens (primary N) is 1. The summed E-state index contributed by atoms with van der Waals surface area (Å²) in [6.07, 6.45) is 7.85. The van der Waals surface area contributed by atoms with Gasteiger partial charge in [-0.2, -0.15) is 0 Å². The zero-order chi connectivity index (χ0) is 21.2. The Kier molecular flexibility index (Phi) is 9.09. The zero-order valence-corrected chi connectivity index (χ0v) is 17.8. The van der Waals surface area contributed by atoms with E-state index in [0.717, 1.165) is 29.7 Å². The van der Waals surface area contributed by atoms with Gasteiger partial charge in [0.2, 0.25) is 0 Å². The summed E-state index contributed by atoms with van der Waals surface area (Å²) in [6, 6.07) is 6.24. The molecule has 6 nitrogen and oxygen atoms in total. The molecule has 0 saturated heterocycles. The molecule has 1 atom stereocenters. The van der Waals surface area contributed by atoms with Gasteiger partial charge in [0.05, 0.1) is 36.0 Å². The summed E-state index contributed by atoms with van der Waals surface area (Å²) in [5.41, 5.74) is 10.5. The average molecular weight is 399 g/mol. The van der Waals surface area contributed by atoms with Gasteiger partial charge in [0.25, 0.3) is 0 Å². The Balaban J connectivity index is 2.14. The molecule has 1 aliphatic carbocycles. The minimum Gasteiger partial charge on any atom is -0.491 e. The first-order chi connectivity index (χ1) is 14.0. The van der Waals surface area contributed by atoms with Crippen LogP contribution in [-0.2, 0) is 4.74 Å². The number of rotatable bonds is 11. The van der Waals surface area contributed by atoms with E-state index >= 15 is 0 Å². The smallest absolute Gasteiger partial charge is 0.146 e. The highest BCUT2D eigenvalue weighted by Gasteiger charge is 2.16. The lowest BCUT2D eigenvalue weighted by Gasteiger charge is -2.17. The molecule has 0 radical (unpaired) electrons. The van der Waals surface area contributed by atoms with Gasteiger partial charge in [-0.15, -0.1) is 0 Å². The number of unbranched alkanes of at least 4 members (excludes halogenated alkanes) is 3. The van der Waals surface area contributed by atoms with Crippen molar-refractivity contribution in [2.75, 3.05) is 19.8 Å². The highest BCUT2D eigenvalue weighted by atomic mass is 16.5. The largest absolute Gasteiger partial charge is 0.491 e. The maximum atomic E-state index is 8.97. The van der Waals surface area contributed by atoms with E-state index in [-0.39, 0.29) is 18.4 Å². The molecule has 0 aromatic heterocycles. The number of nitrogens with one attached hydrogen (secondary N) is 2. The first-order valence-electron chi connectivity index (χ1n) is 10.4. The highest BCUT2D eigenvalue weighted by Crippen LogP contribution is 2.25. The number of aryl methyl sites for hydroxylation is 1. The van der Waals surface area contributed by atoms with Crippen molar-refractivity contribution in [1.82, 2.24) is 5.32 Å². The Morgan fingerprint density at radius 2 is 2.03 bits per heavy atom. The van der Waals surface area contributed by atoms with Crippen molar-refractivity contribution >= 4 is 17.1 Å². The van der Waals surface area contributed by atoms with Gasteiger partial charge in [-0.3, -0.25) is 5.41 Å². The second-order valence-electron chi connectivity index (χ2n) is 7.37. The molecule has 6 heteroatoms. The molecule has 0 bridgehead atoms. The molecule has 0 fully saturated rings. The molecule has 0 spiro atoms. The van der Waals surface area contributed by atoms with Crippen LogP contribution in [0.4, 0.5) is 5.69 Å². The Morgan fingerprint density at radius 1 is 1.24 bits per heavy atom. The molecule has 1 unspecified atom stereocenters. The van der Waals surface area contributed by atoms with Crippen molar-refractivity contribution in [3.8, 4) is 0 Å². The number of benzene rings is 1. The van der Waals surface area contributed by atoms with E-state index in [1.54, 1.807) is 12.2 Å². The topological polar surface area (TPSA) is 104 Å². The first kappa shape index (κ1) is 22.8. The highest BCUT2D eigenvalue weighted by molar-refractivity contribution is 6.22. The summed E-state index contributed by atoms with van der Waals surface area (Å²) in [7, 11) is 0. The molecule has 5 N–H and O–H groups in total. The van der Waals surface area contributed by atoms with Crippen LogP contribution in [0.5, 0.6) is 0 Å². The summed E-state index contributed by atoms with van der Waals surface area (Å²) in [6.45, 7) is 7.53. The summed E-state index contributed by atoms with van der Waals surface area (Å²) in [4.78, 5) is 4.71. The minimum absolute atomic E-state index is 0.116. The maximum absolute atomic E-state index is 8.97. The van der Waals surface area contributed by atoms with Crippen LogP contribution in [0.25, 0.3) is 0 Å². The summed E-state index contributed by atoms with van der Waals surface area (Å²) >= 11 is 0. The first-order valence-corrected chi connectivity index (χ1v) is 10.4. The monoisotopic (exact) mass is 398 g/mol. The van der Waals surface area contributed by atoms with Gasteiger partial charge in [0.1, 0.15) is 5.76 Å². The zero-order valence-electron chi connectivity index (χ0n) is 17.8. The number of hydrogen-bond acceptors (Lipinski definition) is 6. The van der Waals surface area contributed by atoms with E-state index in [0.29, 0.717) is 30.3 Å². The van der Waals surface area contributed by atoms with Gasteiger partial charge >= 0.3 is 0 Å². The molecule has 0 saturated carbocycles. The third kappa shape index (κ3) is 6.84. The third-order valence-corrected chi connectivity index (χ3v) is 4.91. The molecular formula is C23H34N4O2. The molecule has 1 aromatic rings. The van der Waals surface area contributed by atoms with Crippen LogP contribution in [0.2, 0.25) is 0 Å². The molecule has 158 valence electrons. The SMILES string of the molecule is CCCCCCOC1=CC(=Nc2ccc(C(C)NCCO)cc2C)C(N)=CC1=N. The molecule has 0 aliphatic heterocycles. The van der Waals surface area contributed by atoms with Crippen LogP contribution in [0.3, 0.4) is 0 Å². The fourth-order valence-corrected chi connectivity index (χ4v) is 3.12. The van der Waals surface area contributed by atoms with Crippen molar-refractivity contribution in [3.05, 3.63) is 52.9 Å². The number of aliphatic hydroxyl groups is 1. The van der Waals surface area contributed by atoms with E-state index in [1.165, 1.54) is 12.8 Å². The van der Waals surface area contributed by atoms with Crippen LogP contribution >= 0.6 is 0 Å². The Morgan fingerprint density at radius 3 is 2.72 bits per heavy atom. The second-order valence-corrected chi connectivity index (χ2v) is 7.37. The molecule has 2 rings (SSSR count). The third-order valence-electron chi connectivity index (χ3n) is 4.91. The molecular weight excluding hydrogens is 364 g/mol.